The lowest BCUT2D eigenvalue weighted by atomic mass is 10.0. The van der Waals surface area contributed by atoms with Crippen molar-refractivity contribution in [1.29, 1.82) is 0 Å². The molecule has 0 aromatic heterocycles. The van der Waals surface area contributed by atoms with Gasteiger partial charge in [-0.05, 0) is 50.2 Å². The molecule has 0 saturated carbocycles. The average Bonchev–Trinajstić information content (AvgIpc) is 3.15. The number of benzene rings is 1. The van der Waals surface area contributed by atoms with Crippen molar-refractivity contribution < 1.29 is 13.9 Å². The van der Waals surface area contributed by atoms with E-state index in [9.17, 15) is 13.9 Å². The third-order valence-electron chi connectivity index (χ3n) is 5.20. The van der Waals surface area contributed by atoms with Gasteiger partial charge in [0, 0.05) is 51.1 Å². The summed E-state index contributed by atoms with van der Waals surface area (Å²) in [6, 6.07) is 4.09. The van der Waals surface area contributed by atoms with Crippen LogP contribution in [0.4, 0.5) is 14.5 Å². The number of hydrogen-bond acceptors (Lipinski definition) is 3. The molecule has 1 aromatic carbocycles. The highest BCUT2D eigenvalue weighted by molar-refractivity contribution is 5.79. The van der Waals surface area contributed by atoms with Crippen molar-refractivity contribution >= 4 is 11.6 Å². The van der Waals surface area contributed by atoms with E-state index in [1.54, 1.807) is 6.07 Å². The molecule has 0 aliphatic carbocycles. The Morgan fingerprint density at radius 1 is 1.25 bits per heavy atom. The predicted octanol–water partition coefficient (Wildman–Crippen LogP) is 3.14. The topological polar surface area (TPSA) is 59.9 Å². The van der Waals surface area contributed by atoms with Crippen LogP contribution in [0.3, 0.4) is 0 Å². The Morgan fingerprint density at radius 2 is 2.07 bits per heavy atom. The number of nitrogens with zero attached hydrogens (tertiary/aromatic N) is 2. The van der Waals surface area contributed by atoms with Crippen molar-refractivity contribution in [2.24, 2.45) is 16.8 Å². The lowest BCUT2D eigenvalue weighted by Gasteiger charge is -2.20. The van der Waals surface area contributed by atoms with Gasteiger partial charge >= 0.3 is 0 Å². The first-order valence-corrected chi connectivity index (χ1v) is 10.4. The number of aliphatic imine (C=N–C) groups is 1. The lowest BCUT2D eigenvalue weighted by molar-refractivity contribution is 0.253. The van der Waals surface area contributed by atoms with Crippen LogP contribution in [0.25, 0.3) is 0 Å². The summed E-state index contributed by atoms with van der Waals surface area (Å²) in [7, 11) is 0. The second-order valence-electron chi connectivity index (χ2n) is 7.47. The van der Waals surface area contributed by atoms with E-state index in [2.05, 4.69) is 27.4 Å². The highest BCUT2D eigenvalue weighted by Gasteiger charge is 2.23. The summed E-state index contributed by atoms with van der Waals surface area (Å²) in [4.78, 5) is 6.78. The Labute approximate surface area is 167 Å². The van der Waals surface area contributed by atoms with Crippen LogP contribution in [0.5, 0.6) is 0 Å². The van der Waals surface area contributed by atoms with Gasteiger partial charge in [-0.2, -0.15) is 0 Å². The molecule has 1 saturated heterocycles. The number of nitrogens with one attached hydrogen (secondary N) is 2. The van der Waals surface area contributed by atoms with E-state index in [1.807, 2.05) is 6.92 Å². The van der Waals surface area contributed by atoms with E-state index in [4.69, 9.17) is 0 Å². The first-order chi connectivity index (χ1) is 13.6. The van der Waals surface area contributed by atoms with Crippen molar-refractivity contribution in [2.45, 2.75) is 39.5 Å². The van der Waals surface area contributed by atoms with E-state index in [0.717, 1.165) is 63.5 Å². The predicted molar refractivity (Wildman–Crippen MR) is 111 cm³/mol. The summed E-state index contributed by atoms with van der Waals surface area (Å²) in [5.41, 5.74) is 0.730. The van der Waals surface area contributed by atoms with Gasteiger partial charge in [-0.25, -0.2) is 8.78 Å². The van der Waals surface area contributed by atoms with Crippen molar-refractivity contribution in [2.75, 3.05) is 44.2 Å². The standard InChI is InChI=1S/C21H34F2N4O/c1-3-5-16(9-11-28)13-25-21(24-4-2)26-14-17-8-10-27(15-17)18-6-7-19(22)20(23)12-18/h6-7,12,16-17,28H,3-5,8-11,13-15H2,1-2H3,(H2,24,25,26). The maximum Gasteiger partial charge on any atom is 0.191 e. The normalized spacial score (nSPS) is 18.4. The van der Waals surface area contributed by atoms with Gasteiger partial charge in [0.2, 0.25) is 0 Å². The molecule has 1 aliphatic rings. The molecule has 1 aliphatic heterocycles. The second-order valence-corrected chi connectivity index (χ2v) is 7.47. The zero-order valence-electron chi connectivity index (χ0n) is 17.1. The van der Waals surface area contributed by atoms with E-state index in [1.165, 1.54) is 12.1 Å². The minimum atomic E-state index is -0.810. The smallest absolute Gasteiger partial charge is 0.191 e. The number of halogens is 2. The molecule has 2 unspecified atom stereocenters. The van der Waals surface area contributed by atoms with Gasteiger partial charge in [0.05, 0.1) is 0 Å². The monoisotopic (exact) mass is 396 g/mol. The molecule has 158 valence electrons. The molecule has 3 N–H and O–H groups in total. The SMILES string of the molecule is CCCC(CCO)CN=C(NCC)NCC1CCN(c2ccc(F)c(F)c2)C1. The molecule has 28 heavy (non-hydrogen) atoms. The Balaban J connectivity index is 1.86. The molecule has 1 fully saturated rings. The zero-order valence-corrected chi connectivity index (χ0v) is 17.1. The van der Waals surface area contributed by atoms with Gasteiger partial charge in [-0.1, -0.05) is 13.3 Å². The third-order valence-corrected chi connectivity index (χ3v) is 5.20. The first-order valence-electron chi connectivity index (χ1n) is 10.4. The Morgan fingerprint density at radius 3 is 2.75 bits per heavy atom. The Bertz CT molecular complexity index is 620. The zero-order chi connectivity index (χ0) is 20.4. The van der Waals surface area contributed by atoms with E-state index in [0.29, 0.717) is 18.4 Å². The fraction of sp³-hybridized carbons (Fsp3) is 0.667. The van der Waals surface area contributed by atoms with Crippen LogP contribution in [0.15, 0.2) is 23.2 Å². The molecule has 0 spiro atoms. The van der Waals surface area contributed by atoms with Crippen LogP contribution >= 0.6 is 0 Å². The number of anilines is 1. The molecular formula is C21H34F2N4O. The van der Waals surface area contributed by atoms with Gasteiger partial charge in [-0.15, -0.1) is 0 Å². The third kappa shape index (κ3) is 6.93. The molecule has 1 aromatic rings. The fourth-order valence-corrected chi connectivity index (χ4v) is 3.64. The molecule has 1 heterocycles. The van der Waals surface area contributed by atoms with Crippen LogP contribution < -0.4 is 15.5 Å². The molecule has 0 bridgehead atoms. The van der Waals surface area contributed by atoms with Crippen molar-refractivity contribution in [1.82, 2.24) is 10.6 Å². The average molecular weight is 397 g/mol. The van der Waals surface area contributed by atoms with Crippen LogP contribution in [0.1, 0.15) is 39.5 Å². The van der Waals surface area contributed by atoms with Crippen LogP contribution in [-0.2, 0) is 0 Å². The number of aliphatic hydroxyl groups is 1. The van der Waals surface area contributed by atoms with Gasteiger partial charge in [0.25, 0.3) is 0 Å². The molecule has 0 radical (unpaired) electrons. The summed E-state index contributed by atoms with van der Waals surface area (Å²) in [5, 5.41) is 15.9. The fourth-order valence-electron chi connectivity index (χ4n) is 3.64. The van der Waals surface area contributed by atoms with Gasteiger partial charge in [0.15, 0.2) is 17.6 Å². The number of aliphatic hydroxyl groups excluding tert-OH is 1. The van der Waals surface area contributed by atoms with Crippen molar-refractivity contribution in [3.05, 3.63) is 29.8 Å². The van der Waals surface area contributed by atoms with Crippen LogP contribution in [-0.4, -0.2) is 50.4 Å². The summed E-state index contributed by atoms with van der Waals surface area (Å²) < 4.78 is 26.6. The van der Waals surface area contributed by atoms with Gasteiger partial charge < -0.3 is 20.6 Å². The number of hydrogen-bond donors (Lipinski definition) is 3. The summed E-state index contributed by atoms with van der Waals surface area (Å²) in [5.74, 6) is 0.00913. The second kappa shape index (κ2) is 11.8. The van der Waals surface area contributed by atoms with Gasteiger partial charge in [-0.3, -0.25) is 4.99 Å². The first kappa shape index (κ1) is 22.4. The van der Waals surface area contributed by atoms with E-state index in [-0.39, 0.29) is 6.61 Å². The maximum absolute atomic E-state index is 13.5. The van der Waals surface area contributed by atoms with E-state index < -0.39 is 11.6 Å². The minimum absolute atomic E-state index is 0.200. The van der Waals surface area contributed by atoms with E-state index >= 15 is 0 Å². The molecule has 2 atom stereocenters. The molecule has 2 rings (SSSR count). The number of guanidine groups is 1. The summed E-state index contributed by atoms with van der Waals surface area (Å²) >= 11 is 0. The Kier molecular flexibility index (Phi) is 9.47. The minimum Gasteiger partial charge on any atom is -0.396 e. The highest BCUT2D eigenvalue weighted by Crippen LogP contribution is 2.25. The van der Waals surface area contributed by atoms with Crippen LogP contribution in [0, 0.1) is 23.5 Å². The molecular weight excluding hydrogens is 362 g/mol. The number of rotatable bonds is 10. The van der Waals surface area contributed by atoms with Crippen molar-refractivity contribution in [3.63, 3.8) is 0 Å². The lowest BCUT2D eigenvalue weighted by Crippen LogP contribution is -2.40. The molecule has 5 nitrogen and oxygen atoms in total. The molecule has 7 heteroatoms. The molecule has 0 amide bonds. The largest absolute Gasteiger partial charge is 0.396 e. The maximum atomic E-state index is 13.5. The Hall–Kier alpha value is -1.89. The van der Waals surface area contributed by atoms with Crippen molar-refractivity contribution in [3.8, 4) is 0 Å². The van der Waals surface area contributed by atoms with Crippen LogP contribution in [0.2, 0.25) is 0 Å². The summed E-state index contributed by atoms with van der Waals surface area (Å²) in [6.07, 6.45) is 3.93. The quantitative estimate of drug-likeness (QED) is 0.420. The highest BCUT2D eigenvalue weighted by atomic mass is 19.2. The van der Waals surface area contributed by atoms with Gasteiger partial charge in [0.1, 0.15) is 0 Å². The summed E-state index contributed by atoms with van der Waals surface area (Å²) in [6.45, 7) is 8.30.